The van der Waals surface area contributed by atoms with E-state index in [1.54, 1.807) is 0 Å². The molecule has 0 saturated carbocycles. The van der Waals surface area contributed by atoms with Gasteiger partial charge in [-0.3, -0.25) is 0 Å². The highest BCUT2D eigenvalue weighted by Crippen LogP contribution is 2.30. The fraction of sp³-hybridized carbons (Fsp3) is 0.286. The molecule has 12 heteroatoms. The summed E-state index contributed by atoms with van der Waals surface area (Å²) >= 11 is 0. The van der Waals surface area contributed by atoms with Crippen molar-refractivity contribution in [1.29, 1.82) is 0 Å². The molecule has 0 aliphatic rings. The lowest BCUT2D eigenvalue weighted by atomic mass is 10.4. The molecule has 2 rings (SSSR count). The summed E-state index contributed by atoms with van der Waals surface area (Å²) in [7, 11) is 1.79. The van der Waals surface area contributed by atoms with E-state index in [2.05, 4.69) is 19.8 Å². The Bertz CT molecular complexity index is 742. The van der Waals surface area contributed by atoms with Crippen LogP contribution in [0.3, 0.4) is 0 Å². The number of fused-ring (bicyclic) bond motifs is 1. The average Bonchev–Trinajstić information content (AvgIpc) is 2.69. The van der Waals surface area contributed by atoms with Crippen molar-refractivity contribution in [3.05, 3.63) is 11.8 Å². The van der Waals surface area contributed by atoms with Gasteiger partial charge in [0.25, 0.3) is 14.2 Å². The Hall–Kier alpha value is -1.62. The van der Waals surface area contributed by atoms with E-state index in [1.807, 2.05) is 0 Å². The van der Waals surface area contributed by atoms with Crippen molar-refractivity contribution >= 4 is 25.4 Å². The fourth-order valence-corrected chi connectivity index (χ4v) is 1.80. The van der Waals surface area contributed by atoms with E-state index >= 15 is 0 Å². The zero-order valence-corrected chi connectivity index (χ0v) is 10.6. The van der Waals surface area contributed by atoms with Gasteiger partial charge in [-0.1, -0.05) is 0 Å². The molecule has 2 heterocycles. The van der Waals surface area contributed by atoms with Crippen LogP contribution in [0.15, 0.2) is 11.2 Å². The van der Waals surface area contributed by atoms with Crippen molar-refractivity contribution in [3.8, 4) is 6.01 Å². The first kappa shape index (κ1) is 13.8. The summed E-state index contributed by atoms with van der Waals surface area (Å²) in [6.07, 6.45) is -4.74. The molecule has 0 amide bonds. The van der Waals surface area contributed by atoms with E-state index < -0.39 is 37.7 Å². The Morgan fingerprint density at radius 3 is 2.47 bits per heavy atom. The van der Waals surface area contributed by atoms with Gasteiger partial charge in [-0.05, 0) is 0 Å². The molecule has 2 aromatic heterocycles. The molecule has 7 nitrogen and oxygen atoms in total. The molecule has 0 saturated heterocycles. The predicted molar refractivity (Wildman–Crippen MR) is 55.4 cm³/mol. The van der Waals surface area contributed by atoms with Gasteiger partial charge in [-0.15, -0.1) is 5.10 Å². The van der Waals surface area contributed by atoms with Gasteiger partial charge in [0.1, 0.15) is 0 Å². The molecule has 0 aliphatic carbocycles. The quantitative estimate of drug-likeness (QED) is 0.771. The third-order valence-electron chi connectivity index (χ3n) is 1.97. The zero-order valence-electron chi connectivity index (χ0n) is 9.01. The first-order valence-corrected chi connectivity index (χ1v) is 6.77. The lowest BCUT2D eigenvalue weighted by molar-refractivity contribution is -0.141. The number of hydrogen-bond donors (Lipinski definition) is 0. The largest absolute Gasteiger partial charge is 0.467 e. The van der Waals surface area contributed by atoms with Crippen LogP contribution in [0.2, 0.25) is 0 Å². The summed E-state index contributed by atoms with van der Waals surface area (Å²) in [5, 5.41) is 2.57. The van der Waals surface area contributed by atoms with Crippen molar-refractivity contribution in [2.45, 2.75) is 11.3 Å². The van der Waals surface area contributed by atoms with Gasteiger partial charge in [0.15, 0.2) is 11.3 Å². The minimum atomic E-state index is -4.74. The molecule has 0 radical (unpaired) electrons. The van der Waals surface area contributed by atoms with Crippen molar-refractivity contribution in [3.63, 3.8) is 0 Å². The van der Waals surface area contributed by atoms with Crippen LogP contribution in [0, 0.1) is 0 Å². The minimum absolute atomic E-state index is 0.404. The first-order chi connectivity index (χ1) is 8.63. The summed E-state index contributed by atoms with van der Waals surface area (Å²) < 4.78 is 65.0. The smallest absolute Gasteiger partial charge is 0.433 e. The highest BCUT2D eigenvalue weighted by Gasteiger charge is 2.34. The number of halogens is 4. The molecule has 0 bridgehead atoms. The Morgan fingerprint density at radius 1 is 1.37 bits per heavy atom. The molecule has 0 unspecified atom stereocenters. The molecule has 0 aromatic carbocycles. The molecule has 0 N–H and O–H groups in total. The molecule has 0 aliphatic heterocycles. The minimum Gasteiger partial charge on any atom is -0.467 e. The lowest BCUT2D eigenvalue weighted by Gasteiger charge is -2.07. The van der Waals surface area contributed by atoms with Crippen molar-refractivity contribution in [2.24, 2.45) is 0 Å². The second-order valence-electron chi connectivity index (χ2n) is 3.23. The molecule has 2 aromatic rings. The number of ether oxygens (including phenoxy) is 1. The van der Waals surface area contributed by atoms with E-state index in [0.717, 1.165) is 7.11 Å². The van der Waals surface area contributed by atoms with Crippen LogP contribution in [-0.4, -0.2) is 35.1 Å². The van der Waals surface area contributed by atoms with E-state index in [0.29, 0.717) is 10.6 Å². The highest BCUT2D eigenvalue weighted by atomic mass is 35.7. The summed E-state index contributed by atoms with van der Waals surface area (Å²) in [6, 6.07) is -0.0370. The van der Waals surface area contributed by atoms with Crippen LogP contribution in [0.4, 0.5) is 13.2 Å². The van der Waals surface area contributed by atoms with Crippen LogP contribution in [0.1, 0.15) is 5.69 Å². The third kappa shape index (κ3) is 2.56. The van der Waals surface area contributed by atoms with Crippen LogP contribution >= 0.6 is 10.7 Å². The molecule has 0 atom stereocenters. The maximum atomic E-state index is 12.6. The van der Waals surface area contributed by atoms with Gasteiger partial charge < -0.3 is 4.74 Å². The van der Waals surface area contributed by atoms with Gasteiger partial charge in [0, 0.05) is 16.7 Å². The third-order valence-corrected chi connectivity index (χ3v) is 2.99. The van der Waals surface area contributed by atoms with Crippen LogP contribution in [0.25, 0.3) is 5.65 Å². The predicted octanol–water partition coefficient (Wildman–Crippen LogP) is 1.08. The molecule has 0 fully saturated rings. The Labute approximate surface area is 108 Å². The first-order valence-electron chi connectivity index (χ1n) is 4.46. The van der Waals surface area contributed by atoms with Crippen LogP contribution < -0.4 is 4.74 Å². The summed E-state index contributed by atoms with van der Waals surface area (Å²) in [4.78, 5) is 6.54. The zero-order chi connectivity index (χ0) is 14.4. The molecule has 104 valence electrons. The normalized spacial score (nSPS) is 12.9. The van der Waals surface area contributed by atoms with E-state index in [4.69, 9.17) is 10.7 Å². The monoisotopic (exact) mass is 316 g/mol. The van der Waals surface area contributed by atoms with Crippen molar-refractivity contribution in [2.75, 3.05) is 7.11 Å². The van der Waals surface area contributed by atoms with E-state index in [1.165, 1.54) is 0 Å². The summed E-state index contributed by atoms with van der Waals surface area (Å²) in [5.74, 6) is 0. The standard InChI is InChI=1S/C7H4ClF3N4O3S/c1-18-6-12-3(7(9,10)11)2-4-13-5(14-15(4)6)19(8,16)17/h2H,1H3. The van der Waals surface area contributed by atoms with Crippen LogP contribution in [0.5, 0.6) is 6.01 Å². The molecular formula is C7H4ClF3N4O3S. The second kappa shape index (κ2) is 4.20. The Kier molecular flexibility index (Phi) is 3.05. The van der Waals surface area contributed by atoms with Crippen molar-refractivity contribution < 1.29 is 26.3 Å². The van der Waals surface area contributed by atoms with Crippen LogP contribution in [-0.2, 0) is 15.2 Å². The maximum Gasteiger partial charge on any atom is 0.433 e. The van der Waals surface area contributed by atoms with E-state index in [-0.39, 0.29) is 0 Å². The number of nitrogens with zero attached hydrogens (tertiary/aromatic N) is 4. The number of rotatable bonds is 2. The van der Waals surface area contributed by atoms with Crippen molar-refractivity contribution in [1.82, 2.24) is 19.6 Å². The van der Waals surface area contributed by atoms with E-state index in [9.17, 15) is 21.6 Å². The Balaban J connectivity index is 2.77. The number of hydrogen-bond acceptors (Lipinski definition) is 6. The van der Waals surface area contributed by atoms with Gasteiger partial charge >= 0.3 is 12.2 Å². The SMILES string of the molecule is COc1nc(C(F)(F)F)cc2nc(S(=O)(=O)Cl)nn12. The molecular weight excluding hydrogens is 313 g/mol. The van der Waals surface area contributed by atoms with Gasteiger partial charge in [0.05, 0.1) is 7.11 Å². The van der Waals surface area contributed by atoms with Gasteiger partial charge in [-0.25, -0.2) is 8.42 Å². The van der Waals surface area contributed by atoms with Gasteiger partial charge in [0.2, 0.25) is 0 Å². The molecule has 19 heavy (non-hydrogen) atoms. The van der Waals surface area contributed by atoms with Gasteiger partial charge in [-0.2, -0.15) is 27.7 Å². The fourth-order valence-electron chi connectivity index (χ4n) is 1.22. The summed E-state index contributed by atoms with van der Waals surface area (Å²) in [6.45, 7) is 0. The second-order valence-corrected chi connectivity index (χ2v) is 5.69. The number of methoxy groups -OCH3 is 1. The number of alkyl halides is 3. The lowest BCUT2D eigenvalue weighted by Crippen LogP contribution is -2.11. The molecule has 0 spiro atoms. The maximum absolute atomic E-state index is 12.6. The Morgan fingerprint density at radius 2 is 2.00 bits per heavy atom. The highest BCUT2D eigenvalue weighted by molar-refractivity contribution is 8.13. The average molecular weight is 317 g/mol. The number of aromatic nitrogens is 4. The topological polar surface area (TPSA) is 86.5 Å². The summed E-state index contributed by atoms with van der Waals surface area (Å²) in [5.41, 5.74) is -1.69.